The van der Waals surface area contributed by atoms with Gasteiger partial charge in [0, 0.05) is 50.6 Å². The number of phenols is 1. The number of fused-ring (bicyclic) bond motifs is 3. The first-order chi connectivity index (χ1) is 15.8. The minimum absolute atomic E-state index is 0.208. The molecule has 0 fully saturated rings. The number of phenolic OH excluding ortho intramolecular Hbond substituents is 1. The number of hydrogen-bond acceptors (Lipinski definition) is 7. The molecule has 4 rings (SSSR count). The highest BCUT2D eigenvalue weighted by Gasteiger charge is 2.23. The summed E-state index contributed by atoms with van der Waals surface area (Å²) in [5.74, 6) is 1.48. The van der Waals surface area contributed by atoms with Crippen LogP contribution in [0, 0.1) is 0 Å². The minimum atomic E-state index is -3.82. The first kappa shape index (κ1) is 23.6. The lowest BCUT2D eigenvalue weighted by Gasteiger charge is -2.16. The number of nitrogens with zero attached hydrogens (tertiary/aromatic N) is 1. The Morgan fingerprint density at radius 2 is 1.94 bits per heavy atom. The molecule has 3 aromatic rings. The maximum absolute atomic E-state index is 12.3. The van der Waals surface area contributed by atoms with Gasteiger partial charge in [0.1, 0.15) is 34.3 Å². The van der Waals surface area contributed by atoms with Crippen molar-refractivity contribution in [1.82, 2.24) is 9.62 Å². The molecule has 33 heavy (non-hydrogen) atoms. The van der Waals surface area contributed by atoms with Crippen LogP contribution in [0.25, 0.3) is 11.0 Å². The van der Waals surface area contributed by atoms with Gasteiger partial charge in [-0.15, -0.1) is 0 Å². The van der Waals surface area contributed by atoms with Crippen LogP contribution < -0.4 is 10.1 Å². The normalized spacial score (nSPS) is 15.0. The standard InChI is InChI=1S/C24H30N2O6S/c1-26(2)33(29,30)24-13-16(7-10-20(24)27)21(28)15-25-11-12-31-17-8-9-19-18-5-3-4-6-22(18)32-23(19)14-17/h7-10,13-14,21,25,27-28H,3-6,11-12,15H2,1-2H3. The SMILES string of the molecule is CN(C)S(=O)(=O)c1cc(C(O)CNCCOc2ccc3c4c(oc3c2)CCCC4)ccc1O. The molecule has 1 aromatic heterocycles. The van der Waals surface area contributed by atoms with Crippen LogP contribution >= 0.6 is 0 Å². The minimum Gasteiger partial charge on any atom is -0.507 e. The Morgan fingerprint density at radius 1 is 1.15 bits per heavy atom. The highest BCUT2D eigenvalue weighted by Crippen LogP contribution is 2.33. The second-order valence-electron chi connectivity index (χ2n) is 8.45. The Morgan fingerprint density at radius 3 is 2.73 bits per heavy atom. The van der Waals surface area contributed by atoms with Crippen molar-refractivity contribution in [2.24, 2.45) is 0 Å². The van der Waals surface area contributed by atoms with E-state index in [4.69, 9.17) is 9.15 Å². The van der Waals surface area contributed by atoms with Gasteiger partial charge in [-0.1, -0.05) is 6.07 Å². The van der Waals surface area contributed by atoms with E-state index in [2.05, 4.69) is 11.4 Å². The van der Waals surface area contributed by atoms with Crippen molar-refractivity contribution in [2.45, 2.75) is 36.7 Å². The molecular weight excluding hydrogens is 444 g/mol. The van der Waals surface area contributed by atoms with Crippen molar-refractivity contribution >= 4 is 21.0 Å². The van der Waals surface area contributed by atoms with Gasteiger partial charge in [-0.25, -0.2) is 12.7 Å². The molecule has 1 atom stereocenters. The van der Waals surface area contributed by atoms with Crippen molar-refractivity contribution in [2.75, 3.05) is 33.8 Å². The monoisotopic (exact) mass is 474 g/mol. The molecule has 0 spiro atoms. The number of aromatic hydroxyl groups is 1. The van der Waals surface area contributed by atoms with Gasteiger partial charge in [-0.05, 0) is 49.1 Å². The number of sulfonamides is 1. The number of aliphatic hydroxyl groups excluding tert-OH is 1. The van der Waals surface area contributed by atoms with Crippen LogP contribution in [0.2, 0.25) is 0 Å². The highest BCUT2D eigenvalue weighted by molar-refractivity contribution is 7.89. The van der Waals surface area contributed by atoms with Crippen molar-refractivity contribution in [3.63, 3.8) is 0 Å². The Bertz CT molecular complexity index is 1240. The van der Waals surface area contributed by atoms with Gasteiger partial charge in [0.25, 0.3) is 0 Å². The third-order valence-corrected chi connectivity index (χ3v) is 7.79. The summed E-state index contributed by atoms with van der Waals surface area (Å²) in [6.07, 6.45) is 3.50. The number of aliphatic hydroxyl groups is 1. The van der Waals surface area contributed by atoms with Crippen LogP contribution in [0.1, 0.15) is 35.8 Å². The van der Waals surface area contributed by atoms with E-state index in [1.807, 2.05) is 12.1 Å². The third-order valence-electron chi connectivity index (χ3n) is 5.94. The molecule has 1 unspecified atom stereocenters. The van der Waals surface area contributed by atoms with Crippen LogP contribution in [-0.4, -0.2) is 56.7 Å². The predicted molar refractivity (Wildman–Crippen MR) is 125 cm³/mol. The van der Waals surface area contributed by atoms with E-state index in [1.165, 1.54) is 56.1 Å². The predicted octanol–water partition coefficient (Wildman–Crippen LogP) is 2.97. The number of benzene rings is 2. The molecule has 0 amide bonds. The van der Waals surface area contributed by atoms with E-state index in [0.717, 1.165) is 34.2 Å². The van der Waals surface area contributed by atoms with E-state index in [0.29, 0.717) is 18.7 Å². The van der Waals surface area contributed by atoms with Gasteiger partial charge in [0.15, 0.2) is 0 Å². The molecule has 178 valence electrons. The molecule has 1 aliphatic carbocycles. The van der Waals surface area contributed by atoms with Crippen LogP contribution in [0.3, 0.4) is 0 Å². The molecule has 0 aliphatic heterocycles. The van der Waals surface area contributed by atoms with Gasteiger partial charge < -0.3 is 24.7 Å². The average molecular weight is 475 g/mol. The summed E-state index contributed by atoms with van der Waals surface area (Å²) in [4.78, 5) is -0.234. The molecule has 1 aliphatic rings. The maximum Gasteiger partial charge on any atom is 0.246 e. The summed E-state index contributed by atoms with van der Waals surface area (Å²) in [7, 11) is -1.04. The number of hydrogen-bond donors (Lipinski definition) is 3. The summed E-state index contributed by atoms with van der Waals surface area (Å²) < 4.78 is 37.5. The number of furan rings is 1. The molecule has 8 nitrogen and oxygen atoms in total. The van der Waals surface area contributed by atoms with Gasteiger partial charge in [0.2, 0.25) is 10.0 Å². The lowest BCUT2D eigenvalue weighted by Crippen LogP contribution is -2.26. The highest BCUT2D eigenvalue weighted by atomic mass is 32.2. The quantitative estimate of drug-likeness (QED) is 0.409. The summed E-state index contributed by atoms with van der Waals surface area (Å²) in [5, 5.41) is 24.7. The average Bonchev–Trinajstić information content (AvgIpc) is 3.16. The summed E-state index contributed by atoms with van der Waals surface area (Å²) in [5.41, 5.74) is 2.58. The van der Waals surface area contributed by atoms with Crippen molar-refractivity contribution < 1.29 is 27.8 Å². The smallest absolute Gasteiger partial charge is 0.246 e. The molecule has 1 heterocycles. The van der Waals surface area contributed by atoms with E-state index in [9.17, 15) is 18.6 Å². The second kappa shape index (κ2) is 9.72. The van der Waals surface area contributed by atoms with Gasteiger partial charge in [0.05, 0.1) is 6.10 Å². The topological polar surface area (TPSA) is 112 Å². The molecule has 0 bridgehead atoms. The zero-order chi connectivity index (χ0) is 23.6. The van der Waals surface area contributed by atoms with E-state index >= 15 is 0 Å². The summed E-state index contributed by atoms with van der Waals surface area (Å²) in [6, 6.07) is 10.0. The third kappa shape index (κ3) is 5.01. The Balaban J connectivity index is 1.30. The Hall–Kier alpha value is -2.59. The summed E-state index contributed by atoms with van der Waals surface area (Å²) in [6.45, 7) is 1.10. The second-order valence-corrected chi connectivity index (χ2v) is 10.6. The maximum atomic E-state index is 12.3. The van der Waals surface area contributed by atoms with Crippen molar-refractivity contribution in [1.29, 1.82) is 0 Å². The number of nitrogens with one attached hydrogen (secondary N) is 1. The van der Waals surface area contributed by atoms with Crippen LogP contribution in [0.4, 0.5) is 0 Å². The molecule has 2 aromatic carbocycles. The fourth-order valence-electron chi connectivity index (χ4n) is 4.07. The Labute approximate surface area is 193 Å². The molecule has 0 radical (unpaired) electrons. The molecule has 3 N–H and O–H groups in total. The zero-order valence-electron chi connectivity index (χ0n) is 18.9. The molecule has 0 saturated heterocycles. The number of rotatable bonds is 9. The molecular formula is C24H30N2O6S. The van der Waals surface area contributed by atoms with Gasteiger partial charge in [-0.3, -0.25) is 0 Å². The van der Waals surface area contributed by atoms with Gasteiger partial charge in [-0.2, -0.15) is 0 Å². The van der Waals surface area contributed by atoms with E-state index < -0.39 is 16.1 Å². The number of ether oxygens (including phenoxy) is 1. The van der Waals surface area contributed by atoms with Crippen molar-refractivity contribution in [3.05, 3.63) is 53.3 Å². The summed E-state index contributed by atoms with van der Waals surface area (Å²) >= 11 is 0. The van der Waals surface area contributed by atoms with Crippen LogP contribution in [0.5, 0.6) is 11.5 Å². The molecule has 9 heteroatoms. The van der Waals surface area contributed by atoms with Gasteiger partial charge >= 0.3 is 0 Å². The van der Waals surface area contributed by atoms with Crippen LogP contribution in [-0.2, 0) is 22.9 Å². The fourth-order valence-corrected chi connectivity index (χ4v) is 5.08. The molecule has 0 saturated carbocycles. The fraction of sp³-hybridized carbons (Fsp3) is 0.417. The zero-order valence-corrected chi connectivity index (χ0v) is 19.7. The van der Waals surface area contributed by atoms with Crippen molar-refractivity contribution in [3.8, 4) is 11.5 Å². The van der Waals surface area contributed by atoms with E-state index in [-0.39, 0.29) is 17.2 Å². The van der Waals surface area contributed by atoms with E-state index in [1.54, 1.807) is 0 Å². The Kier molecular flexibility index (Phi) is 6.94. The van der Waals surface area contributed by atoms with Crippen LogP contribution in [0.15, 0.2) is 45.7 Å². The first-order valence-electron chi connectivity index (χ1n) is 11.1. The largest absolute Gasteiger partial charge is 0.507 e. The lowest BCUT2D eigenvalue weighted by molar-refractivity contribution is 0.171. The first-order valence-corrected chi connectivity index (χ1v) is 12.5. The number of aryl methyl sites for hydroxylation is 2. The lowest BCUT2D eigenvalue weighted by atomic mass is 9.96.